The highest BCUT2D eigenvalue weighted by Gasteiger charge is 2.28. The molecule has 1 aliphatic rings. The summed E-state index contributed by atoms with van der Waals surface area (Å²) in [6.07, 6.45) is 0. The maximum absolute atomic E-state index is 6.16. The lowest BCUT2D eigenvalue weighted by Gasteiger charge is -2.14. The van der Waals surface area contributed by atoms with Crippen LogP contribution >= 0.6 is 11.8 Å². The first kappa shape index (κ1) is 19.5. The van der Waals surface area contributed by atoms with Crippen molar-refractivity contribution < 1.29 is 14.2 Å². The van der Waals surface area contributed by atoms with Crippen LogP contribution in [0.25, 0.3) is 10.9 Å². The van der Waals surface area contributed by atoms with E-state index in [0.717, 1.165) is 44.6 Å². The molecule has 0 bridgehead atoms. The van der Waals surface area contributed by atoms with Gasteiger partial charge in [0, 0.05) is 17.1 Å². The molecule has 0 fully saturated rings. The fraction of sp³-hybridized carbons (Fsp3) is 0.227. The minimum atomic E-state index is 0.0448. The Morgan fingerprint density at radius 1 is 1.00 bits per heavy atom. The van der Waals surface area contributed by atoms with Crippen molar-refractivity contribution in [3.8, 4) is 17.2 Å². The van der Waals surface area contributed by atoms with Crippen molar-refractivity contribution in [1.82, 2.24) is 19.9 Å². The Bertz CT molecular complexity index is 1240. The molecule has 8 nitrogen and oxygen atoms in total. The van der Waals surface area contributed by atoms with E-state index >= 15 is 0 Å². The van der Waals surface area contributed by atoms with Crippen LogP contribution in [0.1, 0.15) is 22.5 Å². The standard InChI is InChI=1S/C22H21N5O3S/c1-13-10-19(17-11-16(29-3)8-9-18(17)23-13)30-12-20-24-25-22-27(20)26-21(31-22)14-4-6-15(28-2)7-5-14/h4-11,21,26H,12H2,1-3H3. The van der Waals surface area contributed by atoms with Gasteiger partial charge in [0.05, 0.1) is 19.7 Å². The number of hydrogen-bond acceptors (Lipinski definition) is 8. The quantitative estimate of drug-likeness (QED) is 0.485. The highest BCUT2D eigenvalue weighted by Crippen LogP contribution is 2.39. The first-order valence-electron chi connectivity index (χ1n) is 9.74. The average Bonchev–Trinajstić information content (AvgIpc) is 3.38. The Hall–Kier alpha value is -3.46. The normalized spacial score (nSPS) is 14.9. The second-order valence-electron chi connectivity index (χ2n) is 7.07. The van der Waals surface area contributed by atoms with Gasteiger partial charge in [0.25, 0.3) is 0 Å². The molecule has 2 aromatic heterocycles. The van der Waals surface area contributed by atoms with E-state index in [2.05, 4.69) is 20.6 Å². The van der Waals surface area contributed by atoms with Gasteiger partial charge in [-0.05, 0) is 42.8 Å². The molecule has 1 aliphatic heterocycles. The molecule has 2 aromatic carbocycles. The lowest BCUT2D eigenvalue weighted by atomic mass is 10.1. The number of nitrogens with zero attached hydrogens (tertiary/aromatic N) is 4. The SMILES string of the molecule is COc1ccc(C2Nn3c(COc4cc(C)nc5ccc(OC)cc45)nnc3S2)cc1. The van der Waals surface area contributed by atoms with Gasteiger partial charge in [-0.3, -0.25) is 4.98 Å². The summed E-state index contributed by atoms with van der Waals surface area (Å²) in [4.78, 5) is 4.58. The van der Waals surface area contributed by atoms with Crippen LogP contribution in [0.3, 0.4) is 0 Å². The number of nitrogens with one attached hydrogen (secondary N) is 1. The fourth-order valence-corrected chi connectivity index (χ4v) is 4.47. The maximum atomic E-state index is 6.16. The first-order chi connectivity index (χ1) is 15.1. The summed E-state index contributed by atoms with van der Waals surface area (Å²) in [7, 11) is 3.31. The predicted molar refractivity (Wildman–Crippen MR) is 118 cm³/mol. The molecule has 1 atom stereocenters. The molecule has 0 aliphatic carbocycles. The van der Waals surface area contributed by atoms with Gasteiger partial charge >= 0.3 is 0 Å². The molecule has 1 N–H and O–H groups in total. The van der Waals surface area contributed by atoms with Crippen molar-refractivity contribution in [2.45, 2.75) is 24.1 Å². The second kappa shape index (κ2) is 7.99. The van der Waals surface area contributed by atoms with Crippen molar-refractivity contribution in [3.63, 3.8) is 0 Å². The van der Waals surface area contributed by atoms with Crippen molar-refractivity contribution >= 4 is 22.7 Å². The fourth-order valence-electron chi connectivity index (χ4n) is 3.46. The second-order valence-corrected chi connectivity index (χ2v) is 8.14. The Morgan fingerprint density at radius 3 is 2.55 bits per heavy atom. The molecule has 31 heavy (non-hydrogen) atoms. The molecule has 0 spiro atoms. The van der Waals surface area contributed by atoms with Crippen LogP contribution < -0.4 is 19.6 Å². The predicted octanol–water partition coefficient (Wildman–Crippen LogP) is 4.08. The van der Waals surface area contributed by atoms with Gasteiger partial charge in [0.15, 0.2) is 5.82 Å². The van der Waals surface area contributed by atoms with E-state index in [1.807, 2.05) is 60.1 Å². The number of ether oxygens (including phenoxy) is 3. The summed E-state index contributed by atoms with van der Waals surface area (Å²) >= 11 is 1.61. The van der Waals surface area contributed by atoms with E-state index in [1.165, 1.54) is 0 Å². The summed E-state index contributed by atoms with van der Waals surface area (Å²) in [5.41, 5.74) is 6.31. The molecule has 5 rings (SSSR count). The third kappa shape index (κ3) is 3.72. The van der Waals surface area contributed by atoms with Crippen LogP contribution in [0.15, 0.2) is 53.7 Å². The number of aryl methyl sites for hydroxylation is 1. The molecule has 3 heterocycles. The molecule has 9 heteroatoms. The summed E-state index contributed by atoms with van der Waals surface area (Å²) in [6, 6.07) is 15.7. The van der Waals surface area contributed by atoms with E-state index in [4.69, 9.17) is 14.2 Å². The number of fused-ring (bicyclic) bond motifs is 2. The molecular formula is C22H21N5O3S. The molecule has 0 saturated carbocycles. The van der Waals surface area contributed by atoms with Gasteiger partial charge in [-0.1, -0.05) is 23.9 Å². The average molecular weight is 436 g/mol. The van der Waals surface area contributed by atoms with Gasteiger partial charge in [-0.15, -0.1) is 10.2 Å². The molecular weight excluding hydrogens is 414 g/mol. The Balaban J connectivity index is 1.36. The van der Waals surface area contributed by atoms with Gasteiger partial charge < -0.3 is 19.6 Å². The molecule has 1 unspecified atom stereocenters. The van der Waals surface area contributed by atoms with Crippen molar-refractivity contribution in [2.24, 2.45) is 0 Å². The molecule has 0 amide bonds. The van der Waals surface area contributed by atoms with Crippen LogP contribution in [0.2, 0.25) is 0 Å². The minimum absolute atomic E-state index is 0.0448. The Labute approximate surface area is 183 Å². The summed E-state index contributed by atoms with van der Waals surface area (Å²) in [6.45, 7) is 2.22. The zero-order chi connectivity index (χ0) is 21.4. The minimum Gasteiger partial charge on any atom is -0.497 e. The molecule has 0 saturated heterocycles. The number of hydrogen-bond donors (Lipinski definition) is 1. The van der Waals surface area contributed by atoms with Crippen LogP contribution in [0.4, 0.5) is 0 Å². The number of thioether (sulfide) groups is 1. The largest absolute Gasteiger partial charge is 0.497 e. The van der Waals surface area contributed by atoms with Crippen LogP contribution in [-0.4, -0.2) is 34.1 Å². The van der Waals surface area contributed by atoms with E-state index < -0.39 is 0 Å². The number of aromatic nitrogens is 4. The lowest BCUT2D eigenvalue weighted by Crippen LogP contribution is -2.17. The Kier molecular flexibility index (Phi) is 5.03. The number of pyridine rings is 1. The smallest absolute Gasteiger partial charge is 0.212 e. The topological polar surface area (TPSA) is 83.3 Å². The zero-order valence-corrected chi connectivity index (χ0v) is 18.1. The lowest BCUT2D eigenvalue weighted by molar-refractivity contribution is 0.294. The monoisotopic (exact) mass is 435 g/mol. The molecule has 0 radical (unpaired) electrons. The van der Waals surface area contributed by atoms with E-state index in [0.29, 0.717) is 5.82 Å². The van der Waals surface area contributed by atoms with Gasteiger partial charge in [-0.25, -0.2) is 4.68 Å². The van der Waals surface area contributed by atoms with Crippen molar-refractivity contribution in [3.05, 3.63) is 65.6 Å². The van der Waals surface area contributed by atoms with E-state index in [1.54, 1.807) is 26.0 Å². The zero-order valence-electron chi connectivity index (χ0n) is 17.3. The van der Waals surface area contributed by atoms with Crippen LogP contribution in [-0.2, 0) is 6.61 Å². The third-order valence-corrected chi connectivity index (χ3v) is 6.14. The third-order valence-electron chi connectivity index (χ3n) is 5.05. The Morgan fingerprint density at radius 2 is 1.77 bits per heavy atom. The molecule has 158 valence electrons. The summed E-state index contributed by atoms with van der Waals surface area (Å²) < 4.78 is 18.6. The maximum Gasteiger partial charge on any atom is 0.212 e. The van der Waals surface area contributed by atoms with E-state index in [9.17, 15) is 0 Å². The highest BCUT2D eigenvalue weighted by molar-refractivity contribution is 7.99. The van der Waals surface area contributed by atoms with Gasteiger partial charge in [0.2, 0.25) is 5.16 Å². The number of benzene rings is 2. The van der Waals surface area contributed by atoms with Gasteiger partial charge in [0.1, 0.15) is 29.2 Å². The first-order valence-corrected chi connectivity index (χ1v) is 10.6. The van der Waals surface area contributed by atoms with Gasteiger partial charge in [-0.2, -0.15) is 0 Å². The van der Waals surface area contributed by atoms with Crippen LogP contribution in [0.5, 0.6) is 17.2 Å². The van der Waals surface area contributed by atoms with E-state index in [-0.39, 0.29) is 12.0 Å². The van der Waals surface area contributed by atoms with Crippen molar-refractivity contribution in [1.29, 1.82) is 0 Å². The van der Waals surface area contributed by atoms with Crippen molar-refractivity contribution in [2.75, 3.05) is 19.6 Å². The number of rotatable bonds is 6. The highest BCUT2D eigenvalue weighted by atomic mass is 32.2. The molecule has 4 aromatic rings. The number of methoxy groups -OCH3 is 2. The van der Waals surface area contributed by atoms with Crippen LogP contribution in [0, 0.1) is 6.92 Å². The summed E-state index contributed by atoms with van der Waals surface area (Å²) in [5, 5.41) is 10.3. The summed E-state index contributed by atoms with van der Waals surface area (Å²) in [5.74, 6) is 3.02.